The Hall–Kier alpha value is -3.26. The summed E-state index contributed by atoms with van der Waals surface area (Å²) in [6.07, 6.45) is -4.54. The highest BCUT2D eigenvalue weighted by Gasteiger charge is 2.35. The van der Waals surface area contributed by atoms with Crippen LogP contribution in [-0.2, 0) is 16.4 Å². The number of rotatable bonds is 8. The van der Waals surface area contributed by atoms with Crippen molar-refractivity contribution in [1.82, 2.24) is 14.8 Å². The lowest BCUT2D eigenvalue weighted by atomic mass is 9.83. The molecule has 4 rings (SSSR count). The van der Waals surface area contributed by atoms with Gasteiger partial charge in [-0.15, -0.1) is 12.4 Å². The summed E-state index contributed by atoms with van der Waals surface area (Å²) in [5.41, 5.74) is 1.96. The summed E-state index contributed by atoms with van der Waals surface area (Å²) in [5, 5.41) is 3.51. The summed E-state index contributed by atoms with van der Waals surface area (Å²) >= 11 is 6.07. The number of nitrogens with zero attached hydrogens (tertiary/aromatic N) is 2. The van der Waals surface area contributed by atoms with Gasteiger partial charge in [-0.2, -0.15) is 13.2 Å². The van der Waals surface area contributed by atoms with Crippen molar-refractivity contribution in [3.05, 3.63) is 101 Å². The molecule has 1 aromatic heterocycles. The van der Waals surface area contributed by atoms with Crippen LogP contribution < -0.4 is 5.32 Å². The molecule has 0 atom stereocenters. The lowest BCUT2D eigenvalue weighted by molar-refractivity contribution is -0.137. The number of carbonyl (C=O) groups is 1. The maximum absolute atomic E-state index is 14.1. The van der Waals surface area contributed by atoms with Crippen LogP contribution in [0.3, 0.4) is 0 Å². The molecule has 0 saturated carbocycles. The van der Waals surface area contributed by atoms with Crippen LogP contribution in [0.5, 0.6) is 0 Å². The van der Waals surface area contributed by atoms with Crippen LogP contribution in [0.2, 0.25) is 5.02 Å². The minimum Gasteiger partial charge on any atom is -0.354 e. The second-order valence-electron chi connectivity index (χ2n) is 10.2. The number of para-hydroxylation sites is 1. The number of halogens is 5. The summed E-state index contributed by atoms with van der Waals surface area (Å²) in [4.78, 5) is 14.9. The van der Waals surface area contributed by atoms with E-state index in [1.165, 1.54) is 12.1 Å². The van der Waals surface area contributed by atoms with Crippen LogP contribution >= 0.6 is 24.0 Å². The van der Waals surface area contributed by atoms with E-state index in [-0.39, 0.29) is 24.0 Å². The van der Waals surface area contributed by atoms with Crippen molar-refractivity contribution in [2.24, 2.45) is 0 Å². The third kappa shape index (κ3) is 6.72. The first-order valence-corrected chi connectivity index (χ1v) is 13.0. The molecule has 1 N–H and O–H groups in total. The molecule has 4 nitrogen and oxygen atoms in total. The van der Waals surface area contributed by atoms with Crippen molar-refractivity contribution in [1.29, 1.82) is 0 Å². The summed E-state index contributed by atoms with van der Waals surface area (Å²) in [5.74, 6) is -0.0930. The fourth-order valence-corrected chi connectivity index (χ4v) is 4.60. The Kier molecular flexibility index (Phi) is 9.77. The predicted octanol–water partition coefficient (Wildman–Crippen LogP) is 7.86. The molecule has 0 unspecified atom stereocenters. The third-order valence-electron chi connectivity index (χ3n) is 6.79. The van der Waals surface area contributed by atoms with Gasteiger partial charge in [0.05, 0.1) is 28.1 Å². The van der Waals surface area contributed by atoms with E-state index >= 15 is 0 Å². The van der Waals surface area contributed by atoms with Crippen LogP contribution in [0.25, 0.3) is 28.2 Å². The van der Waals surface area contributed by atoms with Crippen molar-refractivity contribution >= 4 is 29.9 Å². The Bertz CT molecular complexity index is 1440. The third-order valence-corrected chi connectivity index (χ3v) is 7.04. The SMILES string of the molecule is CN(C)CCNC(=O)C(C)(C)c1ccc(-c2ccc(-c3ccc(Cl)cc3)n2-c2ccccc2C(F)(F)F)cc1.Cl. The van der Waals surface area contributed by atoms with Crippen molar-refractivity contribution in [2.75, 3.05) is 27.2 Å². The molecule has 0 aliphatic heterocycles. The van der Waals surface area contributed by atoms with Gasteiger partial charge in [-0.3, -0.25) is 4.79 Å². The normalized spacial score (nSPS) is 11.8. The molecule has 0 saturated heterocycles. The average molecular weight is 591 g/mol. The quantitative estimate of drug-likeness (QED) is 0.227. The van der Waals surface area contributed by atoms with Crippen LogP contribution in [0, 0.1) is 0 Å². The zero-order chi connectivity index (χ0) is 28.4. The number of likely N-dealkylation sites (N-methyl/N-ethyl adjacent to an activating group) is 1. The van der Waals surface area contributed by atoms with Crippen LogP contribution in [0.4, 0.5) is 13.2 Å². The first-order valence-electron chi connectivity index (χ1n) is 12.6. The molecule has 0 spiro atoms. The Labute approximate surface area is 244 Å². The number of benzene rings is 3. The number of nitrogens with one attached hydrogen (secondary N) is 1. The summed E-state index contributed by atoms with van der Waals surface area (Å²) < 4.78 is 43.9. The van der Waals surface area contributed by atoms with E-state index in [1.54, 1.807) is 34.9 Å². The number of aromatic nitrogens is 1. The molecule has 9 heteroatoms. The maximum Gasteiger partial charge on any atom is 0.418 e. The van der Waals surface area contributed by atoms with E-state index in [4.69, 9.17) is 11.6 Å². The fourth-order valence-electron chi connectivity index (χ4n) is 4.48. The second-order valence-corrected chi connectivity index (χ2v) is 10.7. The Morgan fingerprint density at radius 3 is 1.90 bits per heavy atom. The first-order chi connectivity index (χ1) is 18.4. The molecule has 4 aromatic rings. The van der Waals surface area contributed by atoms with E-state index in [0.29, 0.717) is 23.0 Å². The monoisotopic (exact) mass is 589 g/mol. The molecule has 1 heterocycles. The van der Waals surface area contributed by atoms with Gasteiger partial charge in [0.2, 0.25) is 5.91 Å². The predicted molar refractivity (Wildman–Crippen MR) is 158 cm³/mol. The molecule has 0 radical (unpaired) electrons. The molecule has 0 aliphatic carbocycles. The van der Waals surface area contributed by atoms with Gasteiger partial charge in [-0.1, -0.05) is 60.1 Å². The number of hydrogen-bond donors (Lipinski definition) is 1. The van der Waals surface area contributed by atoms with Crippen molar-refractivity contribution in [3.8, 4) is 28.2 Å². The van der Waals surface area contributed by atoms with Gasteiger partial charge in [0.1, 0.15) is 0 Å². The molecule has 1 amide bonds. The number of hydrogen-bond acceptors (Lipinski definition) is 2. The molecule has 0 bridgehead atoms. The highest BCUT2D eigenvalue weighted by atomic mass is 35.5. The molecule has 0 aliphatic rings. The lowest BCUT2D eigenvalue weighted by Gasteiger charge is -2.25. The Morgan fingerprint density at radius 1 is 0.850 bits per heavy atom. The van der Waals surface area contributed by atoms with Crippen molar-refractivity contribution in [2.45, 2.75) is 25.4 Å². The van der Waals surface area contributed by atoms with Gasteiger partial charge in [0, 0.05) is 18.1 Å². The minimum absolute atomic E-state index is 0. The smallest absolute Gasteiger partial charge is 0.354 e. The highest BCUT2D eigenvalue weighted by molar-refractivity contribution is 6.30. The summed E-state index contributed by atoms with van der Waals surface area (Å²) in [6.45, 7) is 4.97. The fraction of sp³-hybridized carbons (Fsp3) is 0.258. The van der Waals surface area contributed by atoms with Gasteiger partial charge < -0.3 is 14.8 Å². The average Bonchev–Trinajstić information content (AvgIpc) is 3.33. The molecular weight excluding hydrogens is 558 g/mol. The molecular formula is C31H32Cl2F3N3O. The molecule has 3 aromatic carbocycles. The Balaban J connectivity index is 0.00000441. The first kappa shape index (κ1) is 31.3. The van der Waals surface area contributed by atoms with E-state index in [9.17, 15) is 18.0 Å². The van der Waals surface area contributed by atoms with E-state index < -0.39 is 17.2 Å². The van der Waals surface area contributed by atoms with E-state index in [1.807, 2.05) is 69.2 Å². The topological polar surface area (TPSA) is 37.3 Å². The molecule has 0 fully saturated rings. The van der Waals surface area contributed by atoms with Crippen LogP contribution in [0.1, 0.15) is 25.0 Å². The maximum atomic E-state index is 14.1. The highest BCUT2D eigenvalue weighted by Crippen LogP contribution is 2.39. The van der Waals surface area contributed by atoms with Crippen molar-refractivity contribution in [3.63, 3.8) is 0 Å². The zero-order valence-corrected chi connectivity index (χ0v) is 24.3. The summed E-state index contributed by atoms with van der Waals surface area (Å²) in [7, 11) is 3.88. The lowest BCUT2D eigenvalue weighted by Crippen LogP contribution is -2.42. The zero-order valence-electron chi connectivity index (χ0n) is 22.7. The minimum atomic E-state index is -4.54. The van der Waals surface area contributed by atoms with Gasteiger partial charge in [-0.05, 0) is 81.0 Å². The van der Waals surface area contributed by atoms with Gasteiger partial charge >= 0.3 is 6.18 Å². The van der Waals surface area contributed by atoms with Crippen molar-refractivity contribution < 1.29 is 18.0 Å². The summed E-state index contributed by atoms with van der Waals surface area (Å²) in [6, 6.07) is 23.6. The number of carbonyl (C=O) groups excluding carboxylic acids is 1. The number of amides is 1. The van der Waals surface area contributed by atoms with Gasteiger partial charge in [-0.25, -0.2) is 0 Å². The van der Waals surface area contributed by atoms with E-state index in [0.717, 1.165) is 29.3 Å². The molecule has 40 heavy (non-hydrogen) atoms. The number of alkyl halides is 3. The van der Waals surface area contributed by atoms with E-state index in [2.05, 4.69) is 5.32 Å². The molecule has 212 valence electrons. The van der Waals surface area contributed by atoms with Gasteiger partial charge in [0.25, 0.3) is 0 Å². The Morgan fingerprint density at radius 2 is 1.38 bits per heavy atom. The standard InChI is InChI=1S/C31H31ClF3N3O.ClH/c1-30(2,29(39)36-19-20-37(3)4)23-13-9-21(10-14-23)26-17-18-27(22-11-15-24(32)16-12-22)38(26)28-8-6-5-7-25(28)31(33,34)35;/h5-18H,19-20H2,1-4H3,(H,36,39);1H. The van der Waals surface area contributed by atoms with Crippen LogP contribution in [0.15, 0.2) is 84.9 Å². The largest absolute Gasteiger partial charge is 0.418 e. The van der Waals surface area contributed by atoms with Gasteiger partial charge in [0.15, 0.2) is 0 Å². The van der Waals surface area contributed by atoms with Crippen LogP contribution in [-0.4, -0.2) is 42.6 Å². The second kappa shape index (κ2) is 12.5.